The number of ether oxygens (including phenoxy) is 1. The molecule has 15 heteroatoms. The number of rotatable bonds is 8. The lowest BCUT2D eigenvalue weighted by atomic mass is 9.65. The molecule has 0 amide bonds. The highest BCUT2D eigenvalue weighted by atomic mass is 16.6. The first-order valence-corrected chi connectivity index (χ1v) is 17.8. The molecule has 0 radical (unpaired) electrons. The van der Waals surface area contributed by atoms with Gasteiger partial charge in [-0.3, -0.25) is 0 Å². The molecular formula is C42H30O15. The molecule has 4 aromatic rings. The first kappa shape index (κ1) is 36.8. The summed E-state index contributed by atoms with van der Waals surface area (Å²) in [6, 6.07) is 10.6. The Balaban J connectivity index is 1.10. The maximum atomic E-state index is 13.7. The molecule has 4 bridgehead atoms. The number of hydrogen-bond donors (Lipinski definition) is 6. The van der Waals surface area contributed by atoms with Crippen molar-refractivity contribution in [3.05, 3.63) is 138 Å². The molecule has 6 N–H and O–H groups in total. The van der Waals surface area contributed by atoms with Crippen LogP contribution >= 0.6 is 0 Å². The predicted octanol–water partition coefficient (Wildman–Crippen LogP) is 5.61. The quantitative estimate of drug-likeness (QED) is 0.0938. The smallest absolute Gasteiger partial charge is 0.346 e. The summed E-state index contributed by atoms with van der Waals surface area (Å²) >= 11 is 0. The van der Waals surface area contributed by atoms with E-state index in [1.807, 2.05) is 0 Å². The van der Waals surface area contributed by atoms with Crippen molar-refractivity contribution in [1.29, 1.82) is 0 Å². The van der Waals surface area contributed by atoms with Gasteiger partial charge in [0.25, 0.3) is 0 Å². The summed E-state index contributed by atoms with van der Waals surface area (Å²) < 4.78 is 5.20. The topological polar surface area (TPSA) is 267 Å². The third kappa shape index (κ3) is 6.07. The Labute approximate surface area is 320 Å². The average Bonchev–Trinajstić information content (AvgIpc) is 3.15. The molecule has 4 aromatic carbocycles. The van der Waals surface area contributed by atoms with Crippen LogP contribution in [0.2, 0.25) is 0 Å². The van der Waals surface area contributed by atoms with Gasteiger partial charge in [-0.05, 0) is 155 Å². The molecular weight excluding hydrogens is 744 g/mol. The van der Waals surface area contributed by atoms with Gasteiger partial charge in [-0.15, -0.1) is 0 Å². The van der Waals surface area contributed by atoms with E-state index < -0.39 is 70.0 Å². The van der Waals surface area contributed by atoms with Crippen LogP contribution in [0, 0.1) is 0 Å². The molecule has 0 spiro atoms. The number of carboxylic acids is 6. The number of carboxylic acid groups (broad SMARTS) is 6. The molecule has 0 aliphatic heterocycles. The molecule has 0 aromatic heterocycles. The zero-order chi connectivity index (χ0) is 40.8. The lowest BCUT2D eigenvalue weighted by molar-refractivity contribution is 0.0385. The van der Waals surface area contributed by atoms with Crippen LogP contribution in [0.5, 0.6) is 0 Å². The standard InChI is InChI=1S/C42H30O15/c43-35(44)27-7-19-3-15-1-17(23(19)11-29(27)37(47)48)5-21-9-33(31(39(51)52)13-25(15)21)41(55)57-42(56)34-10-22-6-18-2-16(26(22)14-32(34)40(53)54)4-20-8-28(36(45)46)30(38(49)50)12-24(18)20/h7-18H,1-6H2,(H,43,44)(H,45,46)(H,47,48)(H,49,50)(H,51,52)(H,53,54). The summed E-state index contributed by atoms with van der Waals surface area (Å²) in [6.07, 6.45) is 2.08. The van der Waals surface area contributed by atoms with Crippen LogP contribution in [-0.2, 0) is 30.4 Å². The Morgan fingerprint density at radius 1 is 0.351 bits per heavy atom. The van der Waals surface area contributed by atoms with Crippen molar-refractivity contribution in [2.45, 2.75) is 62.2 Å². The highest BCUT2D eigenvalue weighted by molar-refractivity contribution is 6.11. The van der Waals surface area contributed by atoms with Crippen molar-refractivity contribution in [2.24, 2.45) is 0 Å². The largest absolute Gasteiger partial charge is 0.478 e. The summed E-state index contributed by atoms with van der Waals surface area (Å²) in [5, 5.41) is 59.0. The summed E-state index contributed by atoms with van der Waals surface area (Å²) in [7, 11) is 0. The first-order chi connectivity index (χ1) is 27.0. The molecule has 4 atom stereocenters. The van der Waals surface area contributed by atoms with Gasteiger partial charge in [0.1, 0.15) is 0 Å². The molecule has 57 heavy (non-hydrogen) atoms. The fourth-order valence-corrected chi connectivity index (χ4v) is 9.50. The number of carbonyl (C=O) groups is 8. The van der Waals surface area contributed by atoms with E-state index in [4.69, 9.17) is 4.74 Å². The lowest BCUT2D eigenvalue weighted by Crippen LogP contribution is -2.28. The van der Waals surface area contributed by atoms with Gasteiger partial charge in [-0.1, -0.05) is 0 Å². The molecule has 0 saturated carbocycles. The molecule has 8 rings (SSSR count). The van der Waals surface area contributed by atoms with Gasteiger partial charge in [0.05, 0.1) is 44.5 Å². The van der Waals surface area contributed by atoms with Gasteiger partial charge < -0.3 is 35.4 Å². The fourth-order valence-electron chi connectivity index (χ4n) is 9.50. The Bertz CT molecular complexity index is 2420. The summed E-state index contributed by atoms with van der Waals surface area (Å²) in [5.41, 5.74) is 1.51. The molecule has 0 heterocycles. The van der Waals surface area contributed by atoms with Gasteiger partial charge in [0.2, 0.25) is 0 Å². The molecule has 288 valence electrons. The third-order valence-electron chi connectivity index (χ3n) is 11.9. The number of benzene rings is 4. The van der Waals surface area contributed by atoms with E-state index in [-0.39, 0.29) is 71.6 Å². The zero-order valence-corrected chi connectivity index (χ0v) is 29.5. The van der Waals surface area contributed by atoms with E-state index in [2.05, 4.69) is 0 Å². The van der Waals surface area contributed by atoms with Crippen LogP contribution in [0.1, 0.15) is 164 Å². The van der Waals surface area contributed by atoms with Crippen LogP contribution < -0.4 is 0 Å². The van der Waals surface area contributed by atoms with Crippen LogP contribution in [-0.4, -0.2) is 78.4 Å². The van der Waals surface area contributed by atoms with E-state index in [0.29, 0.717) is 57.3 Å². The first-order valence-electron chi connectivity index (χ1n) is 17.8. The predicted molar refractivity (Wildman–Crippen MR) is 192 cm³/mol. The lowest BCUT2D eigenvalue weighted by Gasteiger charge is -2.38. The number of fused-ring (bicyclic) bond motifs is 12. The van der Waals surface area contributed by atoms with Crippen molar-refractivity contribution in [3.63, 3.8) is 0 Å². The maximum Gasteiger partial charge on any atom is 0.346 e. The number of aromatic carboxylic acids is 6. The fraction of sp³-hybridized carbons (Fsp3) is 0.238. The van der Waals surface area contributed by atoms with Crippen molar-refractivity contribution in [3.8, 4) is 0 Å². The third-order valence-corrected chi connectivity index (χ3v) is 11.9. The second-order valence-electron chi connectivity index (χ2n) is 15.0. The molecule has 0 saturated heterocycles. The Morgan fingerprint density at radius 3 is 0.807 bits per heavy atom. The van der Waals surface area contributed by atoms with E-state index in [9.17, 15) is 69.0 Å². The average molecular weight is 775 g/mol. The minimum atomic E-state index is -1.50. The summed E-state index contributed by atoms with van der Waals surface area (Å²) in [6.45, 7) is 0. The normalized spacial score (nSPS) is 19.4. The van der Waals surface area contributed by atoms with Gasteiger partial charge in [-0.25, -0.2) is 38.4 Å². The molecule has 4 aliphatic carbocycles. The van der Waals surface area contributed by atoms with Crippen molar-refractivity contribution in [1.82, 2.24) is 0 Å². The van der Waals surface area contributed by atoms with Crippen LogP contribution in [0.4, 0.5) is 0 Å². The highest BCUT2D eigenvalue weighted by Crippen LogP contribution is 2.50. The van der Waals surface area contributed by atoms with Crippen LogP contribution in [0.3, 0.4) is 0 Å². The van der Waals surface area contributed by atoms with Crippen molar-refractivity contribution < 1.29 is 73.7 Å². The van der Waals surface area contributed by atoms with E-state index in [1.54, 1.807) is 0 Å². The van der Waals surface area contributed by atoms with E-state index >= 15 is 0 Å². The van der Waals surface area contributed by atoms with Crippen molar-refractivity contribution in [2.75, 3.05) is 0 Å². The van der Waals surface area contributed by atoms with E-state index in [1.165, 1.54) is 48.5 Å². The van der Waals surface area contributed by atoms with E-state index in [0.717, 1.165) is 0 Å². The summed E-state index contributed by atoms with van der Waals surface area (Å²) in [5.74, 6) is -12.4. The number of esters is 2. The second-order valence-corrected chi connectivity index (χ2v) is 15.0. The Kier molecular flexibility index (Phi) is 8.56. The minimum absolute atomic E-state index is 0.240. The monoisotopic (exact) mass is 774 g/mol. The van der Waals surface area contributed by atoms with Gasteiger partial charge in [0.15, 0.2) is 0 Å². The highest BCUT2D eigenvalue weighted by Gasteiger charge is 2.40. The Hall–Kier alpha value is -7.16. The zero-order valence-electron chi connectivity index (χ0n) is 29.5. The van der Waals surface area contributed by atoms with Crippen LogP contribution in [0.25, 0.3) is 0 Å². The molecule has 4 aliphatic rings. The molecule has 15 nitrogen and oxygen atoms in total. The Morgan fingerprint density at radius 2 is 0.561 bits per heavy atom. The van der Waals surface area contributed by atoms with Gasteiger partial charge in [0, 0.05) is 0 Å². The SMILES string of the molecule is O=C(O)c1cc2c(cc1C(=O)O)C1Cc3cc(C(=O)OC(=O)c4cc5c(cc4C(=O)O)C4Cc6cc(C(=O)O)c(C(=O)O)cc6C(C5)C4)c(C(=O)O)cc3C(C2)C1. The second kappa shape index (κ2) is 13.3. The molecule has 4 unspecified atom stereocenters. The van der Waals surface area contributed by atoms with Crippen LogP contribution in [0.15, 0.2) is 48.5 Å². The molecule has 0 fully saturated rings. The summed E-state index contributed by atoms with van der Waals surface area (Å²) in [4.78, 5) is 99.8. The number of carbonyl (C=O) groups excluding carboxylic acids is 2. The number of hydrogen-bond acceptors (Lipinski definition) is 9. The maximum absolute atomic E-state index is 13.7. The van der Waals surface area contributed by atoms with Gasteiger partial charge >= 0.3 is 47.8 Å². The van der Waals surface area contributed by atoms with Crippen molar-refractivity contribution >= 4 is 47.8 Å². The minimum Gasteiger partial charge on any atom is -0.478 e. The van der Waals surface area contributed by atoms with Gasteiger partial charge in [-0.2, -0.15) is 0 Å².